The number of rotatable bonds is 5. The van der Waals surface area contributed by atoms with Gasteiger partial charge in [-0.3, -0.25) is 4.79 Å². The van der Waals surface area contributed by atoms with Gasteiger partial charge >= 0.3 is 0 Å². The number of amides is 1. The summed E-state index contributed by atoms with van der Waals surface area (Å²) in [6.45, 7) is 6.26. The lowest BCUT2D eigenvalue weighted by atomic mass is 9.86. The summed E-state index contributed by atoms with van der Waals surface area (Å²) in [4.78, 5) is 12.7. The lowest BCUT2D eigenvalue weighted by Gasteiger charge is -2.29. The Labute approximate surface area is 148 Å². The Balaban J connectivity index is 1.70. The minimum atomic E-state index is -0.168. The fourth-order valence-electron chi connectivity index (χ4n) is 3.38. The molecule has 5 nitrogen and oxygen atoms in total. The Morgan fingerprint density at radius 3 is 2.80 bits per heavy atom. The molecule has 1 aromatic carbocycles. The fraction of sp³-hybridized carbons (Fsp3) is 0.500. The van der Waals surface area contributed by atoms with Gasteiger partial charge in [-0.1, -0.05) is 43.1 Å². The van der Waals surface area contributed by atoms with Gasteiger partial charge < -0.3 is 14.6 Å². The summed E-state index contributed by atoms with van der Waals surface area (Å²) < 4.78 is 11.1. The number of nitrogens with zero attached hydrogens (tertiary/aromatic N) is 1. The highest BCUT2D eigenvalue weighted by molar-refractivity contribution is 5.94. The van der Waals surface area contributed by atoms with Crippen molar-refractivity contribution < 1.29 is 14.1 Å². The molecular formula is C20H26N2O3. The van der Waals surface area contributed by atoms with Crippen molar-refractivity contribution >= 4 is 5.91 Å². The second kappa shape index (κ2) is 7.72. The highest BCUT2D eigenvalue weighted by Gasteiger charge is 2.27. The smallest absolute Gasteiger partial charge is 0.274 e. The van der Waals surface area contributed by atoms with Gasteiger partial charge in [-0.2, -0.15) is 0 Å². The largest absolute Gasteiger partial charge is 0.488 e. The maximum Gasteiger partial charge on any atom is 0.274 e. The fourth-order valence-corrected chi connectivity index (χ4v) is 3.38. The van der Waals surface area contributed by atoms with Crippen LogP contribution in [-0.2, 0) is 6.61 Å². The molecular weight excluding hydrogens is 316 g/mol. The van der Waals surface area contributed by atoms with E-state index in [2.05, 4.69) is 17.4 Å². The molecule has 0 bridgehead atoms. The van der Waals surface area contributed by atoms with Crippen LogP contribution in [0, 0.1) is 19.8 Å². The van der Waals surface area contributed by atoms with E-state index in [1.54, 1.807) is 0 Å². The van der Waals surface area contributed by atoms with Crippen LogP contribution in [0.1, 0.15) is 60.0 Å². The van der Waals surface area contributed by atoms with E-state index in [1.165, 1.54) is 6.42 Å². The maximum atomic E-state index is 12.7. The van der Waals surface area contributed by atoms with Crippen molar-refractivity contribution in [2.24, 2.45) is 5.92 Å². The van der Waals surface area contributed by atoms with E-state index < -0.39 is 0 Å². The molecule has 1 amide bonds. The zero-order valence-electron chi connectivity index (χ0n) is 15.2. The first-order valence-electron chi connectivity index (χ1n) is 9.00. The second-order valence-corrected chi connectivity index (χ2v) is 6.96. The highest BCUT2D eigenvalue weighted by Crippen LogP contribution is 2.25. The Morgan fingerprint density at radius 2 is 2.04 bits per heavy atom. The van der Waals surface area contributed by atoms with E-state index in [-0.39, 0.29) is 18.6 Å². The predicted octanol–water partition coefficient (Wildman–Crippen LogP) is 4.18. The molecule has 1 aliphatic carbocycles. The molecule has 2 aromatic rings. The van der Waals surface area contributed by atoms with Crippen molar-refractivity contribution in [1.29, 1.82) is 0 Å². The Hall–Kier alpha value is -2.30. The molecule has 25 heavy (non-hydrogen) atoms. The lowest BCUT2D eigenvalue weighted by Crippen LogP contribution is -2.41. The summed E-state index contributed by atoms with van der Waals surface area (Å²) in [5.41, 5.74) is 2.10. The first-order chi connectivity index (χ1) is 12.1. The number of hydrogen-bond acceptors (Lipinski definition) is 4. The van der Waals surface area contributed by atoms with Crippen molar-refractivity contribution in [2.45, 2.75) is 59.1 Å². The van der Waals surface area contributed by atoms with Crippen molar-refractivity contribution in [2.75, 3.05) is 0 Å². The van der Waals surface area contributed by atoms with Crippen molar-refractivity contribution in [3.05, 3.63) is 46.8 Å². The zero-order chi connectivity index (χ0) is 17.8. The molecule has 0 aliphatic heterocycles. The first kappa shape index (κ1) is 17.5. The maximum absolute atomic E-state index is 12.7. The van der Waals surface area contributed by atoms with Gasteiger partial charge in [0.2, 0.25) is 0 Å². The summed E-state index contributed by atoms with van der Waals surface area (Å²) in [5.74, 6) is 1.75. The van der Waals surface area contributed by atoms with Gasteiger partial charge in [-0.25, -0.2) is 0 Å². The van der Waals surface area contributed by atoms with E-state index in [9.17, 15) is 4.79 Å². The van der Waals surface area contributed by atoms with Gasteiger partial charge in [0, 0.05) is 6.04 Å². The topological polar surface area (TPSA) is 64.4 Å². The van der Waals surface area contributed by atoms with Crippen molar-refractivity contribution in [3.63, 3.8) is 0 Å². The van der Waals surface area contributed by atoms with E-state index in [4.69, 9.17) is 9.26 Å². The average molecular weight is 342 g/mol. The van der Waals surface area contributed by atoms with Crippen LogP contribution in [0.4, 0.5) is 0 Å². The molecule has 1 heterocycles. The Kier molecular flexibility index (Phi) is 5.41. The lowest BCUT2D eigenvalue weighted by molar-refractivity contribution is 0.0899. The number of ether oxygens (including phenoxy) is 1. The van der Waals surface area contributed by atoms with Crippen LogP contribution in [-0.4, -0.2) is 17.1 Å². The number of benzene rings is 1. The summed E-state index contributed by atoms with van der Waals surface area (Å²) in [6, 6.07) is 8.02. The molecule has 2 unspecified atom stereocenters. The number of aryl methyl sites for hydroxylation is 2. The summed E-state index contributed by atoms with van der Waals surface area (Å²) in [6.07, 6.45) is 4.59. The van der Waals surface area contributed by atoms with Crippen molar-refractivity contribution in [3.8, 4) is 5.75 Å². The predicted molar refractivity (Wildman–Crippen MR) is 95.6 cm³/mol. The monoisotopic (exact) mass is 342 g/mol. The standard InChI is InChI=1S/C20H26N2O3/c1-13-8-4-6-10-17(13)21-20(23)19-16(15(3)25-22-19)12-24-18-11-7-5-9-14(18)2/h5,7,9,11,13,17H,4,6,8,10,12H2,1-3H3,(H,21,23). The second-order valence-electron chi connectivity index (χ2n) is 6.96. The third kappa shape index (κ3) is 4.03. The molecule has 5 heteroatoms. The quantitative estimate of drug-likeness (QED) is 0.885. The van der Waals surface area contributed by atoms with E-state index in [0.29, 0.717) is 22.9 Å². The Bertz CT molecular complexity index is 738. The highest BCUT2D eigenvalue weighted by atomic mass is 16.5. The molecule has 2 atom stereocenters. The van der Waals surface area contributed by atoms with E-state index >= 15 is 0 Å². The van der Waals surface area contributed by atoms with Crippen molar-refractivity contribution in [1.82, 2.24) is 10.5 Å². The molecule has 1 saturated carbocycles. The minimum absolute atomic E-state index is 0.168. The van der Waals surface area contributed by atoms with Gasteiger partial charge in [-0.15, -0.1) is 0 Å². The molecule has 1 fully saturated rings. The number of hydrogen-bond donors (Lipinski definition) is 1. The zero-order valence-corrected chi connectivity index (χ0v) is 15.2. The van der Waals surface area contributed by atoms with Crippen LogP contribution >= 0.6 is 0 Å². The SMILES string of the molecule is Cc1ccccc1OCc1c(C(=O)NC2CCCCC2C)noc1C. The van der Waals surface area contributed by atoms with Gasteiger partial charge in [0.1, 0.15) is 18.1 Å². The summed E-state index contributed by atoms with van der Waals surface area (Å²) in [5, 5.41) is 7.11. The van der Waals surface area contributed by atoms with Gasteiger partial charge in [0.15, 0.2) is 5.69 Å². The number of carbonyl (C=O) groups is 1. The van der Waals surface area contributed by atoms with Crippen LogP contribution in [0.15, 0.2) is 28.8 Å². The van der Waals surface area contributed by atoms with Crippen LogP contribution in [0.5, 0.6) is 5.75 Å². The molecule has 1 N–H and O–H groups in total. The minimum Gasteiger partial charge on any atom is -0.488 e. The van der Waals surface area contributed by atoms with Gasteiger partial charge in [0.25, 0.3) is 5.91 Å². The number of nitrogens with one attached hydrogen (secondary N) is 1. The third-order valence-electron chi connectivity index (χ3n) is 5.09. The van der Waals surface area contributed by atoms with E-state index in [1.807, 2.05) is 38.1 Å². The number of aromatic nitrogens is 1. The number of para-hydroxylation sites is 1. The summed E-state index contributed by atoms with van der Waals surface area (Å²) in [7, 11) is 0. The molecule has 0 spiro atoms. The van der Waals surface area contributed by atoms with Crippen LogP contribution in [0.25, 0.3) is 0 Å². The Morgan fingerprint density at radius 1 is 1.28 bits per heavy atom. The number of carbonyl (C=O) groups excluding carboxylic acids is 1. The first-order valence-corrected chi connectivity index (χ1v) is 9.00. The molecule has 1 aliphatic rings. The average Bonchev–Trinajstić information content (AvgIpc) is 2.97. The van der Waals surface area contributed by atoms with E-state index in [0.717, 1.165) is 30.6 Å². The normalized spacial score (nSPS) is 20.3. The molecule has 134 valence electrons. The molecule has 0 saturated heterocycles. The van der Waals surface area contributed by atoms with Crippen LogP contribution in [0.2, 0.25) is 0 Å². The van der Waals surface area contributed by atoms with Crippen LogP contribution in [0.3, 0.4) is 0 Å². The van der Waals surface area contributed by atoms with Crippen LogP contribution < -0.4 is 10.1 Å². The summed E-state index contributed by atoms with van der Waals surface area (Å²) >= 11 is 0. The third-order valence-corrected chi connectivity index (χ3v) is 5.09. The molecule has 3 rings (SSSR count). The molecule has 0 radical (unpaired) electrons. The molecule has 1 aromatic heterocycles. The van der Waals surface area contributed by atoms with Gasteiger partial charge in [0.05, 0.1) is 5.56 Å². The van der Waals surface area contributed by atoms with Gasteiger partial charge in [-0.05, 0) is 44.2 Å².